The van der Waals surface area contributed by atoms with E-state index in [9.17, 15) is 4.79 Å². The summed E-state index contributed by atoms with van der Waals surface area (Å²) < 4.78 is 21.0. The van der Waals surface area contributed by atoms with Crippen LogP contribution in [0, 0.1) is 0 Å². The van der Waals surface area contributed by atoms with Crippen molar-refractivity contribution in [2.24, 2.45) is 0 Å². The molecule has 0 aliphatic rings. The van der Waals surface area contributed by atoms with Gasteiger partial charge in [0.05, 0.1) is 20.5 Å². The van der Waals surface area contributed by atoms with E-state index >= 15 is 0 Å². The molecule has 20 heavy (non-hydrogen) atoms. The minimum absolute atomic E-state index is 0.213. The van der Waals surface area contributed by atoms with Crippen LogP contribution in [0.4, 0.5) is 0 Å². The van der Waals surface area contributed by atoms with Crippen LogP contribution in [-0.2, 0) is 9.53 Å². The average Bonchev–Trinajstić information content (AvgIpc) is 2.89. The summed E-state index contributed by atoms with van der Waals surface area (Å²) in [7, 11) is 3.13. The lowest BCUT2D eigenvalue weighted by Gasteiger charge is -2.11. The highest BCUT2D eigenvalue weighted by Gasteiger charge is 2.15. The Hall–Kier alpha value is -2.43. The second-order valence-corrected chi connectivity index (χ2v) is 4.08. The van der Waals surface area contributed by atoms with Gasteiger partial charge in [0.2, 0.25) is 5.75 Å². The molecule has 0 atom stereocenters. The number of carbonyl (C=O) groups excluding carboxylic acids is 1. The highest BCUT2D eigenvalue weighted by Crippen LogP contribution is 2.39. The van der Waals surface area contributed by atoms with Gasteiger partial charge < -0.3 is 18.6 Å². The van der Waals surface area contributed by atoms with Crippen LogP contribution < -0.4 is 9.47 Å². The largest absolute Gasteiger partial charge is 0.492 e. The summed E-state index contributed by atoms with van der Waals surface area (Å²) in [6.07, 6.45) is 5.15. The van der Waals surface area contributed by atoms with E-state index in [1.807, 2.05) is 18.2 Å². The van der Waals surface area contributed by atoms with Gasteiger partial charge in [0, 0.05) is 17.9 Å². The molecule has 1 heterocycles. The Morgan fingerprint density at radius 1 is 1.30 bits per heavy atom. The first-order valence-electron chi connectivity index (χ1n) is 6.09. The summed E-state index contributed by atoms with van der Waals surface area (Å²) in [5.74, 6) is 0.806. The van der Waals surface area contributed by atoms with Gasteiger partial charge in [-0.1, -0.05) is 6.08 Å². The van der Waals surface area contributed by atoms with Crippen LogP contribution in [-0.4, -0.2) is 26.8 Å². The van der Waals surface area contributed by atoms with Crippen molar-refractivity contribution in [1.29, 1.82) is 0 Å². The zero-order valence-electron chi connectivity index (χ0n) is 11.6. The number of rotatable bonds is 5. The quantitative estimate of drug-likeness (QED) is 0.786. The Balaban J connectivity index is 2.38. The third-order valence-electron chi connectivity index (χ3n) is 2.77. The summed E-state index contributed by atoms with van der Waals surface area (Å²) >= 11 is 0. The number of methoxy groups -OCH3 is 2. The van der Waals surface area contributed by atoms with Gasteiger partial charge >= 0.3 is 5.97 Å². The van der Waals surface area contributed by atoms with Crippen LogP contribution in [0.2, 0.25) is 0 Å². The number of ether oxygens (including phenoxy) is 3. The maximum absolute atomic E-state index is 10.7. The third-order valence-corrected chi connectivity index (χ3v) is 2.77. The first kappa shape index (κ1) is 14.0. The Morgan fingerprint density at radius 2 is 2.05 bits per heavy atom. The van der Waals surface area contributed by atoms with Gasteiger partial charge in [0.1, 0.15) is 6.61 Å². The van der Waals surface area contributed by atoms with Gasteiger partial charge in [-0.3, -0.25) is 4.79 Å². The fourth-order valence-corrected chi connectivity index (χ4v) is 1.94. The number of hydrogen-bond acceptors (Lipinski definition) is 5. The molecule has 0 amide bonds. The molecule has 5 heteroatoms. The molecule has 0 unspecified atom stereocenters. The molecular weight excluding hydrogens is 260 g/mol. The summed E-state index contributed by atoms with van der Waals surface area (Å²) in [5, 5.41) is 0.912. The summed E-state index contributed by atoms with van der Waals surface area (Å²) in [5.41, 5.74) is 1.46. The average molecular weight is 276 g/mol. The van der Waals surface area contributed by atoms with Crippen molar-refractivity contribution in [3.63, 3.8) is 0 Å². The number of hydrogen-bond donors (Lipinski definition) is 0. The van der Waals surface area contributed by atoms with Gasteiger partial charge in [-0.2, -0.15) is 0 Å². The van der Waals surface area contributed by atoms with Crippen molar-refractivity contribution in [2.75, 3.05) is 20.8 Å². The first-order chi connectivity index (χ1) is 9.67. The molecule has 5 nitrogen and oxygen atoms in total. The van der Waals surface area contributed by atoms with E-state index in [0.717, 1.165) is 10.9 Å². The van der Waals surface area contributed by atoms with E-state index in [4.69, 9.17) is 18.6 Å². The molecule has 106 valence electrons. The van der Waals surface area contributed by atoms with E-state index in [2.05, 4.69) is 0 Å². The normalized spacial score (nSPS) is 10.9. The van der Waals surface area contributed by atoms with E-state index in [1.165, 1.54) is 6.92 Å². The molecule has 0 aliphatic heterocycles. The lowest BCUT2D eigenvalue weighted by Crippen LogP contribution is -1.97. The highest BCUT2D eigenvalue weighted by atomic mass is 16.5. The van der Waals surface area contributed by atoms with E-state index in [0.29, 0.717) is 17.1 Å². The zero-order chi connectivity index (χ0) is 14.5. The molecule has 2 rings (SSSR count). The monoisotopic (exact) mass is 276 g/mol. The molecule has 0 saturated heterocycles. The molecule has 0 saturated carbocycles. The van der Waals surface area contributed by atoms with Gasteiger partial charge in [0.15, 0.2) is 11.3 Å². The standard InChI is InChI=1S/C15H16O5/c1-10(16)19-7-4-5-11-9-12-6-8-20-14(12)15(18-3)13(11)17-2/h4-6,8-9H,7H2,1-3H3/b5-4-. The van der Waals surface area contributed by atoms with Crippen molar-refractivity contribution in [2.45, 2.75) is 6.92 Å². The molecule has 0 fully saturated rings. The minimum Gasteiger partial charge on any atom is -0.492 e. The Labute approximate surface area is 116 Å². The molecule has 0 radical (unpaired) electrons. The van der Waals surface area contributed by atoms with Gasteiger partial charge in [-0.05, 0) is 18.2 Å². The Kier molecular flexibility index (Phi) is 4.30. The number of benzene rings is 1. The summed E-state index contributed by atoms with van der Waals surface area (Å²) in [6.45, 7) is 1.58. The fraction of sp³-hybridized carbons (Fsp3) is 0.267. The number of carbonyl (C=O) groups is 1. The van der Waals surface area contributed by atoms with Crippen LogP contribution in [0.5, 0.6) is 11.5 Å². The lowest BCUT2D eigenvalue weighted by molar-refractivity contribution is -0.139. The molecule has 2 aromatic rings. The first-order valence-corrected chi connectivity index (χ1v) is 6.09. The molecule has 0 N–H and O–H groups in total. The fourth-order valence-electron chi connectivity index (χ4n) is 1.94. The van der Waals surface area contributed by atoms with Crippen LogP contribution in [0.25, 0.3) is 17.0 Å². The molecular formula is C15H16O5. The number of furan rings is 1. The van der Waals surface area contributed by atoms with E-state index in [-0.39, 0.29) is 12.6 Å². The molecule has 0 spiro atoms. The highest BCUT2D eigenvalue weighted by molar-refractivity contribution is 5.89. The van der Waals surface area contributed by atoms with Crippen LogP contribution in [0.1, 0.15) is 12.5 Å². The molecule has 0 bridgehead atoms. The van der Waals surface area contributed by atoms with Gasteiger partial charge in [-0.25, -0.2) is 0 Å². The summed E-state index contributed by atoms with van der Waals surface area (Å²) in [6, 6.07) is 3.77. The van der Waals surface area contributed by atoms with Crippen molar-refractivity contribution in [1.82, 2.24) is 0 Å². The Morgan fingerprint density at radius 3 is 2.70 bits per heavy atom. The van der Waals surface area contributed by atoms with Crippen LogP contribution >= 0.6 is 0 Å². The maximum atomic E-state index is 10.7. The Bertz CT molecular complexity index is 639. The zero-order valence-corrected chi connectivity index (χ0v) is 11.6. The molecule has 0 aliphatic carbocycles. The topological polar surface area (TPSA) is 57.9 Å². The molecule has 1 aromatic carbocycles. The second kappa shape index (κ2) is 6.14. The second-order valence-electron chi connectivity index (χ2n) is 4.08. The maximum Gasteiger partial charge on any atom is 0.302 e. The molecule has 1 aromatic heterocycles. The smallest absolute Gasteiger partial charge is 0.302 e. The van der Waals surface area contributed by atoms with E-state index < -0.39 is 0 Å². The van der Waals surface area contributed by atoms with Gasteiger partial charge in [0.25, 0.3) is 0 Å². The van der Waals surface area contributed by atoms with Gasteiger partial charge in [-0.15, -0.1) is 0 Å². The van der Waals surface area contributed by atoms with Crippen LogP contribution in [0.15, 0.2) is 28.9 Å². The van der Waals surface area contributed by atoms with Crippen molar-refractivity contribution in [3.8, 4) is 11.5 Å². The number of esters is 1. The van der Waals surface area contributed by atoms with Crippen molar-refractivity contribution in [3.05, 3.63) is 30.0 Å². The van der Waals surface area contributed by atoms with E-state index in [1.54, 1.807) is 26.6 Å². The summed E-state index contributed by atoms with van der Waals surface area (Å²) in [4.78, 5) is 10.7. The lowest BCUT2D eigenvalue weighted by atomic mass is 10.1. The third kappa shape index (κ3) is 2.77. The SMILES string of the molecule is COc1c(/C=C\COC(C)=O)cc2ccoc2c1OC. The van der Waals surface area contributed by atoms with Crippen molar-refractivity contribution < 1.29 is 23.4 Å². The minimum atomic E-state index is -0.315. The number of fused-ring (bicyclic) bond motifs is 1. The van der Waals surface area contributed by atoms with Crippen LogP contribution in [0.3, 0.4) is 0 Å². The predicted octanol–water partition coefficient (Wildman–Crippen LogP) is 3.03. The van der Waals surface area contributed by atoms with Crippen molar-refractivity contribution >= 4 is 23.0 Å². The predicted molar refractivity (Wildman–Crippen MR) is 75.0 cm³/mol.